The van der Waals surface area contributed by atoms with Crippen LogP contribution in [-0.2, 0) is 4.79 Å². The standard InChI is InChI=1S/C9H16.C5H10O/c1-7-5-4-6-8(2)9(7)3;1-3-4-5(2)6/h7H,4-6H2,1-3H3;3-4H2,1-2H3. The van der Waals surface area contributed by atoms with Gasteiger partial charge in [0.05, 0.1) is 0 Å². The third-order valence-corrected chi connectivity index (χ3v) is 3.20. The number of Topliss-reactive ketones (excluding diaryl/α,β-unsaturated/α-hetero) is 1. The summed E-state index contributed by atoms with van der Waals surface area (Å²) in [5, 5.41) is 0. The molecule has 0 spiro atoms. The van der Waals surface area contributed by atoms with Crippen LogP contribution in [0.5, 0.6) is 0 Å². The van der Waals surface area contributed by atoms with E-state index in [-0.39, 0.29) is 5.78 Å². The SMILES string of the molecule is CC1=C(C)C(C)CCC1.CCCC(C)=O. The summed E-state index contributed by atoms with van der Waals surface area (Å²) in [4.78, 5) is 10.0. The lowest BCUT2D eigenvalue weighted by atomic mass is 9.86. The lowest BCUT2D eigenvalue weighted by Crippen LogP contribution is -2.04. The molecule has 0 saturated carbocycles. The molecule has 0 heterocycles. The van der Waals surface area contributed by atoms with E-state index in [1.165, 1.54) is 19.3 Å². The van der Waals surface area contributed by atoms with Crippen LogP contribution in [0.25, 0.3) is 0 Å². The molecule has 1 nitrogen and oxygen atoms in total. The van der Waals surface area contributed by atoms with Crippen molar-refractivity contribution in [3.63, 3.8) is 0 Å². The minimum absolute atomic E-state index is 0.289. The van der Waals surface area contributed by atoms with Crippen LogP contribution in [0.1, 0.15) is 66.7 Å². The molecule has 15 heavy (non-hydrogen) atoms. The number of rotatable bonds is 2. The first-order valence-electron chi connectivity index (χ1n) is 6.14. The first kappa shape index (κ1) is 14.4. The highest BCUT2D eigenvalue weighted by Crippen LogP contribution is 2.28. The summed E-state index contributed by atoms with van der Waals surface area (Å²) in [5.74, 6) is 1.15. The third kappa shape index (κ3) is 6.48. The lowest BCUT2D eigenvalue weighted by molar-refractivity contribution is -0.117. The Labute approximate surface area is 95.0 Å². The van der Waals surface area contributed by atoms with Gasteiger partial charge in [0.2, 0.25) is 0 Å². The zero-order valence-corrected chi connectivity index (χ0v) is 11.0. The van der Waals surface area contributed by atoms with Gasteiger partial charge in [-0.3, -0.25) is 0 Å². The van der Waals surface area contributed by atoms with Crippen LogP contribution in [0.15, 0.2) is 11.1 Å². The fourth-order valence-electron chi connectivity index (χ4n) is 1.86. The highest BCUT2D eigenvalue weighted by atomic mass is 16.1. The molecule has 1 rings (SSSR count). The average molecular weight is 210 g/mol. The minimum Gasteiger partial charge on any atom is -0.300 e. The molecule has 0 amide bonds. The Kier molecular flexibility index (Phi) is 7.37. The van der Waals surface area contributed by atoms with Gasteiger partial charge in [-0.25, -0.2) is 0 Å². The van der Waals surface area contributed by atoms with E-state index in [9.17, 15) is 4.79 Å². The van der Waals surface area contributed by atoms with E-state index in [2.05, 4.69) is 20.8 Å². The summed E-state index contributed by atoms with van der Waals surface area (Å²) in [5.41, 5.74) is 3.27. The molecule has 1 heteroatoms. The molecular formula is C14H26O. The van der Waals surface area contributed by atoms with Gasteiger partial charge in [-0.1, -0.05) is 25.0 Å². The van der Waals surface area contributed by atoms with Gasteiger partial charge < -0.3 is 4.79 Å². The predicted octanol–water partition coefficient (Wildman–Crippen LogP) is 4.52. The topological polar surface area (TPSA) is 17.1 Å². The fraction of sp³-hybridized carbons (Fsp3) is 0.786. The number of hydrogen-bond acceptors (Lipinski definition) is 1. The smallest absolute Gasteiger partial charge is 0.129 e. The first-order chi connectivity index (χ1) is 6.99. The molecule has 1 atom stereocenters. The molecule has 0 aromatic rings. The normalized spacial score (nSPS) is 20.7. The molecule has 0 saturated heterocycles. The van der Waals surface area contributed by atoms with Crippen LogP contribution in [0.2, 0.25) is 0 Å². The minimum atomic E-state index is 0.289. The van der Waals surface area contributed by atoms with Gasteiger partial charge in [0.1, 0.15) is 5.78 Å². The van der Waals surface area contributed by atoms with Gasteiger partial charge in [-0.15, -0.1) is 0 Å². The predicted molar refractivity (Wildman–Crippen MR) is 67.0 cm³/mol. The van der Waals surface area contributed by atoms with Gasteiger partial charge >= 0.3 is 0 Å². The molecule has 88 valence electrons. The van der Waals surface area contributed by atoms with Gasteiger partial charge in [-0.05, 0) is 52.4 Å². The second kappa shape index (κ2) is 7.67. The zero-order chi connectivity index (χ0) is 11.8. The molecule has 0 radical (unpaired) electrons. The summed E-state index contributed by atoms with van der Waals surface area (Å²) in [7, 11) is 0. The Bertz CT molecular complexity index is 225. The molecule has 1 unspecified atom stereocenters. The largest absolute Gasteiger partial charge is 0.300 e. The summed E-state index contributed by atoms with van der Waals surface area (Å²) in [6.07, 6.45) is 5.87. The third-order valence-electron chi connectivity index (χ3n) is 3.20. The number of ketones is 1. The Morgan fingerprint density at radius 2 is 2.00 bits per heavy atom. The second-order valence-corrected chi connectivity index (χ2v) is 4.71. The number of carbonyl (C=O) groups is 1. The summed E-state index contributed by atoms with van der Waals surface area (Å²) < 4.78 is 0. The van der Waals surface area contributed by atoms with E-state index in [4.69, 9.17) is 0 Å². The number of hydrogen-bond donors (Lipinski definition) is 0. The summed E-state index contributed by atoms with van der Waals surface area (Å²) in [6.45, 7) is 10.5. The maximum absolute atomic E-state index is 10.0. The summed E-state index contributed by atoms with van der Waals surface area (Å²) in [6, 6.07) is 0. The molecular weight excluding hydrogens is 184 g/mol. The molecule has 1 aliphatic rings. The van der Waals surface area contributed by atoms with Crippen molar-refractivity contribution in [1.82, 2.24) is 0 Å². The van der Waals surface area contributed by atoms with Crippen LogP contribution in [-0.4, -0.2) is 5.78 Å². The van der Waals surface area contributed by atoms with E-state index >= 15 is 0 Å². The van der Waals surface area contributed by atoms with Crippen molar-refractivity contribution in [2.24, 2.45) is 5.92 Å². The fourth-order valence-corrected chi connectivity index (χ4v) is 1.86. The van der Waals surface area contributed by atoms with Gasteiger partial charge in [-0.2, -0.15) is 0 Å². The second-order valence-electron chi connectivity index (χ2n) is 4.71. The number of allylic oxidation sites excluding steroid dienone is 2. The van der Waals surface area contributed by atoms with Crippen molar-refractivity contribution >= 4 is 5.78 Å². The first-order valence-corrected chi connectivity index (χ1v) is 6.14. The van der Waals surface area contributed by atoms with E-state index < -0.39 is 0 Å². The van der Waals surface area contributed by atoms with E-state index in [0.717, 1.165) is 18.8 Å². The van der Waals surface area contributed by atoms with E-state index in [0.29, 0.717) is 0 Å². The Morgan fingerprint density at radius 3 is 2.27 bits per heavy atom. The van der Waals surface area contributed by atoms with Gasteiger partial charge in [0.15, 0.2) is 0 Å². The Balaban J connectivity index is 0.000000288. The van der Waals surface area contributed by atoms with Crippen molar-refractivity contribution in [3.05, 3.63) is 11.1 Å². The molecule has 0 fully saturated rings. The van der Waals surface area contributed by atoms with Gasteiger partial charge in [0.25, 0.3) is 0 Å². The number of carbonyl (C=O) groups excluding carboxylic acids is 1. The van der Waals surface area contributed by atoms with E-state index in [1.54, 1.807) is 18.1 Å². The van der Waals surface area contributed by atoms with Crippen molar-refractivity contribution < 1.29 is 4.79 Å². The monoisotopic (exact) mass is 210 g/mol. The molecule has 0 N–H and O–H groups in total. The highest BCUT2D eigenvalue weighted by Gasteiger charge is 2.11. The van der Waals surface area contributed by atoms with Crippen LogP contribution in [0.3, 0.4) is 0 Å². The van der Waals surface area contributed by atoms with Crippen molar-refractivity contribution in [2.75, 3.05) is 0 Å². The van der Waals surface area contributed by atoms with Crippen LogP contribution < -0.4 is 0 Å². The van der Waals surface area contributed by atoms with Crippen LogP contribution in [0, 0.1) is 5.92 Å². The zero-order valence-electron chi connectivity index (χ0n) is 11.0. The van der Waals surface area contributed by atoms with Crippen molar-refractivity contribution in [2.45, 2.75) is 66.7 Å². The molecule has 1 aliphatic carbocycles. The highest BCUT2D eigenvalue weighted by molar-refractivity contribution is 5.75. The molecule has 0 aromatic carbocycles. The van der Waals surface area contributed by atoms with Gasteiger partial charge in [0, 0.05) is 6.42 Å². The summed E-state index contributed by atoms with van der Waals surface area (Å²) >= 11 is 0. The lowest BCUT2D eigenvalue weighted by Gasteiger charge is -2.20. The Morgan fingerprint density at radius 1 is 1.40 bits per heavy atom. The maximum atomic E-state index is 10.0. The quantitative estimate of drug-likeness (QED) is 0.612. The average Bonchev–Trinajstić information content (AvgIpc) is 2.15. The molecule has 0 aliphatic heterocycles. The molecule has 0 bridgehead atoms. The van der Waals surface area contributed by atoms with E-state index in [1.807, 2.05) is 6.92 Å². The van der Waals surface area contributed by atoms with Crippen LogP contribution >= 0.6 is 0 Å². The van der Waals surface area contributed by atoms with Crippen LogP contribution in [0.4, 0.5) is 0 Å². The maximum Gasteiger partial charge on any atom is 0.129 e. The molecule has 0 aromatic heterocycles. The van der Waals surface area contributed by atoms with Crippen molar-refractivity contribution in [1.29, 1.82) is 0 Å². The Hall–Kier alpha value is -0.590. The van der Waals surface area contributed by atoms with Crippen molar-refractivity contribution in [3.8, 4) is 0 Å².